The van der Waals surface area contributed by atoms with Crippen molar-refractivity contribution in [1.29, 1.82) is 0 Å². The highest BCUT2D eigenvalue weighted by atomic mass is 19.1. The van der Waals surface area contributed by atoms with Crippen LogP contribution in [0.25, 0.3) is 0 Å². The zero-order valence-corrected chi connectivity index (χ0v) is 19.7. The Kier molecular flexibility index (Phi) is 7.07. The van der Waals surface area contributed by atoms with Crippen LogP contribution in [-0.4, -0.2) is 23.0 Å². The largest absolute Gasteiger partial charge is 0.481 e. The average Bonchev–Trinajstić information content (AvgIpc) is 3.44. The van der Waals surface area contributed by atoms with Crippen molar-refractivity contribution in [3.8, 4) is 0 Å². The van der Waals surface area contributed by atoms with Crippen LogP contribution in [-0.2, 0) is 14.4 Å². The Hall–Kier alpha value is -2.41. The topological polar surface area (TPSA) is 87.7 Å². The quantitative estimate of drug-likeness (QED) is 0.449. The number of nitrogens with one attached hydrogen (secondary N) is 2. The first-order chi connectivity index (χ1) is 15.7. The third-order valence-electron chi connectivity index (χ3n) is 7.10. The van der Waals surface area contributed by atoms with E-state index in [2.05, 4.69) is 24.6 Å². The fraction of sp³-hybridized carbons (Fsp3) is 0.615. The summed E-state index contributed by atoms with van der Waals surface area (Å²) >= 11 is 0. The van der Waals surface area contributed by atoms with E-state index in [1.54, 1.807) is 13.0 Å². The van der Waals surface area contributed by atoms with Crippen molar-refractivity contribution in [2.24, 2.45) is 29.6 Å². The number of carboxylic acid groups (broad SMARTS) is 1. The van der Waals surface area contributed by atoms with Gasteiger partial charge in [0.15, 0.2) is 0 Å². The Morgan fingerprint density at radius 3 is 2.55 bits per heavy atom. The van der Waals surface area contributed by atoms with Gasteiger partial charge in [0.1, 0.15) is 11.6 Å². The molecule has 0 spiro atoms. The summed E-state index contributed by atoms with van der Waals surface area (Å²) in [5, 5.41) is 12.1. The molecular formula is C26H35FN2O4. The molecule has 2 unspecified atom stereocenters. The Morgan fingerprint density at radius 1 is 1.21 bits per heavy atom. The summed E-state index contributed by atoms with van der Waals surface area (Å²) in [6.45, 7) is 6.27. The minimum atomic E-state index is -0.958. The van der Waals surface area contributed by atoms with Crippen LogP contribution in [0.15, 0.2) is 29.5 Å². The van der Waals surface area contributed by atoms with Crippen LogP contribution in [0.5, 0.6) is 0 Å². The van der Waals surface area contributed by atoms with Gasteiger partial charge in [-0.2, -0.15) is 0 Å². The van der Waals surface area contributed by atoms with E-state index >= 15 is 0 Å². The van der Waals surface area contributed by atoms with Gasteiger partial charge in [0.05, 0.1) is 18.2 Å². The van der Waals surface area contributed by atoms with Crippen LogP contribution in [0.1, 0.15) is 64.4 Å². The molecule has 0 bridgehead atoms. The number of aryl methyl sites for hydroxylation is 1. The molecule has 2 fully saturated rings. The normalized spacial score (nSPS) is 25.5. The van der Waals surface area contributed by atoms with E-state index < -0.39 is 23.6 Å². The van der Waals surface area contributed by atoms with Gasteiger partial charge in [0, 0.05) is 18.3 Å². The zero-order chi connectivity index (χ0) is 23.7. The van der Waals surface area contributed by atoms with E-state index in [-0.39, 0.29) is 24.6 Å². The molecule has 7 heteroatoms. The molecule has 1 aromatic rings. The predicted octanol–water partition coefficient (Wildman–Crippen LogP) is 5.19. The fourth-order valence-corrected chi connectivity index (χ4v) is 5.42. The SMILES string of the molecule is Cc1ccc(NC(=O)CC(CC(=O)O)C2NOC(C3CC(CC(C)C)C3)=C2C2CC2)c(F)c1. The monoisotopic (exact) mass is 458 g/mol. The van der Waals surface area contributed by atoms with Gasteiger partial charge in [-0.3, -0.25) is 9.59 Å². The minimum absolute atomic E-state index is 0.0230. The van der Waals surface area contributed by atoms with Gasteiger partial charge in [-0.25, -0.2) is 4.39 Å². The molecule has 1 amide bonds. The molecule has 3 aliphatic rings. The molecule has 1 heterocycles. The highest BCUT2D eigenvalue weighted by Crippen LogP contribution is 2.51. The Bertz CT molecular complexity index is 934. The zero-order valence-electron chi connectivity index (χ0n) is 19.7. The number of rotatable bonds is 10. The van der Waals surface area contributed by atoms with Crippen molar-refractivity contribution in [3.05, 3.63) is 40.9 Å². The molecule has 4 rings (SSSR count). The number of carbonyl (C=O) groups is 2. The number of carboxylic acids is 1. The van der Waals surface area contributed by atoms with E-state index in [0.717, 1.165) is 42.9 Å². The molecule has 0 saturated heterocycles. The third kappa shape index (κ3) is 5.75. The number of amides is 1. The number of aliphatic carboxylic acids is 1. The van der Waals surface area contributed by atoms with Crippen molar-refractivity contribution in [2.75, 3.05) is 5.32 Å². The van der Waals surface area contributed by atoms with Crippen molar-refractivity contribution in [1.82, 2.24) is 5.48 Å². The van der Waals surface area contributed by atoms with Gasteiger partial charge in [0.25, 0.3) is 0 Å². The molecule has 0 radical (unpaired) electrons. The lowest BCUT2D eigenvalue weighted by Crippen LogP contribution is -2.37. The van der Waals surface area contributed by atoms with E-state index in [9.17, 15) is 19.1 Å². The maximum atomic E-state index is 14.2. The van der Waals surface area contributed by atoms with Crippen LogP contribution >= 0.6 is 0 Å². The molecular weight excluding hydrogens is 423 g/mol. The highest BCUT2D eigenvalue weighted by molar-refractivity contribution is 5.91. The van der Waals surface area contributed by atoms with E-state index in [0.29, 0.717) is 17.8 Å². The van der Waals surface area contributed by atoms with E-state index in [1.165, 1.54) is 24.1 Å². The summed E-state index contributed by atoms with van der Waals surface area (Å²) < 4.78 is 14.2. The fourth-order valence-electron chi connectivity index (χ4n) is 5.42. The number of carbonyl (C=O) groups excluding carboxylic acids is 1. The lowest BCUT2D eigenvalue weighted by Gasteiger charge is -2.36. The summed E-state index contributed by atoms with van der Waals surface area (Å²) in [6, 6.07) is 4.32. The summed E-state index contributed by atoms with van der Waals surface area (Å²) in [5.41, 5.74) is 5.13. The number of hydroxylamine groups is 1. The summed E-state index contributed by atoms with van der Waals surface area (Å²) in [5.74, 6) is 0.840. The number of hydrogen-bond acceptors (Lipinski definition) is 4. The van der Waals surface area contributed by atoms with Crippen molar-refractivity contribution in [2.45, 2.75) is 71.8 Å². The Labute approximate surface area is 194 Å². The van der Waals surface area contributed by atoms with Gasteiger partial charge in [-0.1, -0.05) is 19.9 Å². The summed E-state index contributed by atoms with van der Waals surface area (Å²) in [6.07, 6.45) is 5.40. The first-order valence-corrected chi connectivity index (χ1v) is 12.1. The summed E-state index contributed by atoms with van der Waals surface area (Å²) in [7, 11) is 0. The molecule has 3 N–H and O–H groups in total. The molecule has 1 aliphatic heterocycles. The van der Waals surface area contributed by atoms with Crippen LogP contribution in [0.2, 0.25) is 0 Å². The second-order valence-corrected chi connectivity index (χ2v) is 10.5. The molecule has 2 atom stereocenters. The van der Waals surface area contributed by atoms with Crippen LogP contribution < -0.4 is 10.8 Å². The third-order valence-corrected chi connectivity index (χ3v) is 7.10. The lowest BCUT2D eigenvalue weighted by atomic mass is 9.69. The van der Waals surface area contributed by atoms with Crippen molar-refractivity contribution < 1.29 is 23.9 Å². The second-order valence-electron chi connectivity index (χ2n) is 10.5. The lowest BCUT2D eigenvalue weighted by molar-refractivity contribution is -0.138. The molecule has 2 saturated carbocycles. The molecule has 1 aromatic carbocycles. The molecule has 0 aromatic heterocycles. The van der Waals surface area contributed by atoms with E-state index in [4.69, 9.17) is 4.84 Å². The highest BCUT2D eigenvalue weighted by Gasteiger charge is 2.47. The molecule has 33 heavy (non-hydrogen) atoms. The number of halogens is 1. The first-order valence-electron chi connectivity index (χ1n) is 12.1. The van der Waals surface area contributed by atoms with Crippen molar-refractivity contribution in [3.63, 3.8) is 0 Å². The standard InChI is InChI=1S/C26H35FN2O4/c1-14(2)8-16-10-19(11-16)26-24(17-5-6-17)25(29-33-26)18(13-23(31)32)12-22(30)28-21-7-4-15(3)9-20(21)27/h4,7,9,14,16-19,25,29H,5-6,8,10-13H2,1-3H3,(H,28,30)(H,31,32). The second kappa shape index (κ2) is 9.84. The number of anilines is 1. The summed E-state index contributed by atoms with van der Waals surface area (Å²) in [4.78, 5) is 30.4. The van der Waals surface area contributed by atoms with E-state index in [1.807, 2.05) is 0 Å². The number of benzene rings is 1. The Morgan fingerprint density at radius 2 is 1.94 bits per heavy atom. The van der Waals surface area contributed by atoms with Crippen molar-refractivity contribution >= 4 is 17.6 Å². The average molecular weight is 459 g/mol. The maximum Gasteiger partial charge on any atom is 0.303 e. The molecule has 6 nitrogen and oxygen atoms in total. The smallest absolute Gasteiger partial charge is 0.303 e. The van der Waals surface area contributed by atoms with Gasteiger partial charge in [-0.15, -0.1) is 5.48 Å². The predicted molar refractivity (Wildman–Crippen MR) is 124 cm³/mol. The first kappa shape index (κ1) is 23.7. The number of allylic oxidation sites excluding steroid dienone is 1. The molecule has 180 valence electrons. The minimum Gasteiger partial charge on any atom is -0.481 e. The van der Waals surface area contributed by atoms with Gasteiger partial charge >= 0.3 is 5.97 Å². The number of hydrogen-bond donors (Lipinski definition) is 3. The Balaban J connectivity index is 1.47. The van der Waals surface area contributed by atoms with Crippen LogP contribution in [0, 0.1) is 42.3 Å². The van der Waals surface area contributed by atoms with Crippen LogP contribution in [0.4, 0.5) is 10.1 Å². The molecule has 2 aliphatic carbocycles. The maximum absolute atomic E-state index is 14.2. The van der Waals surface area contributed by atoms with Gasteiger partial charge in [0.2, 0.25) is 5.91 Å². The van der Waals surface area contributed by atoms with Gasteiger partial charge < -0.3 is 15.3 Å². The van der Waals surface area contributed by atoms with Crippen LogP contribution in [0.3, 0.4) is 0 Å². The van der Waals surface area contributed by atoms with Gasteiger partial charge in [-0.05, 0) is 80.1 Å².